The van der Waals surface area contributed by atoms with Crippen LogP contribution in [0.15, 0.2) is 36.4 Å². The van der Waals surface area contributed by atoms with Crippen LogP contribution in [0.3, 0.4) is 0 Å². The number of halogens is 1. The van der Waals surface area contributed by atoms with Crippen molar-refractivity contribution in [3.63, 3.8) is 0 Å². The molecule has 2 aliphatic heterocycles. The molecule has 0 saturated carbocycles. The first kappa shape index (κ1) is 19.6. The fourth-order valence-corrected chi connectivity index (χ4v) is 4.20. The zero-order valence-electron chi connectivity index (χ0n) is 16.5. The van der Waals surface area contributed by atoms with Crippen LogP contribution in [0.2, 0.25) is 5.02 Å². The van der Waals surface area contributed by atoms with E-state index in [0.29, 0.717) is 36.2 Å². The maximum Gasteiger partial charge on any atom is 0.228 e. The maximum absolute atomic E-state index is 13.1. The Morgan fingerprint density at radius 3 is 2.38 bits per heavy atom. The van der Waals surface area contributed by atoms with Crippen LogP contribution in [0.4, 0.5) is 5.69 Å². The zero-order chi connectivity index (χ0) is 20.5. The van der Waals surface area contributed by atoms with E-state index in [1.807, 2.05) is 29.2 Å². The Hall–Kier alpha value is -2.73. The standard InChI is InChI=1S/C22H23ClN2O4/c1-28-19-9-14-7-8-24(12-15(14)10-20(19)29-2)22(27)16-11-21(26)25(13-16)18-5-3-17(23)4-6-18/h3-6,9-10,16H,7-8,11-13H2,1-2H3/t16-/m0/s1. The third-order valence-electron chi connectivity index (χ3n) is 5.64. The van der Waals surface area contributed by atoms with Gasteiger partial charge in [-0.1, -0.05) is 11.6 Å². The number of carbonyl (C=O) groups is 2. The molecule has 1 saturated heterocycles. The van der Waals surface area contributed by atoms with Crippen molar-refractivity contribution in [1.29, 1.82) is 0 Å². The first-order valence-corrected chi connectivity index (χ1v) is 9.96. The number of hydrogen-bond donors (Lipinski definition) is 0. The van der Waals surface area contributed by atoms with Gasteiger partial charge in [0.25, 0.3) is 0 Å². The van der Waals surface area contributed by atoms with Crippen molar-refractivity contribution >= 4 is 29.1 Å². The van der Waals surface area contributed by atoms with E-state index in [2.05, 4.69) is 0 Å². The van der Waals surface area contributed by atoms with Gasteiger partial charge in [-0.05, 0) is 53.9 Å². The molecule has 2 aromatic rings. The highest BCUT2D eigenvalue weighted by Crippen LogP contribution is 2.34. The molecule has 2 heterocycles. The van der Waals surface area contributed by atoms with Crippen molar-refractivity contribution in [3.05, 3.63) is 52.5 Å². The number of benzene rings is 2. The van der Waals surface area contributed by atoms with Gasteiger partial charge in [0, 0.05) is 36.8 Å². The van der Waals surface area contributed by atoms with Gasteiger partial charge in [-0.3, -0.25) is 9.59 Å². The fraction of sp³-hybridized carbons (Fsp3) is 0.364. The molecule has 0 spiro atoms. The topological polar surface area (TPSA) is 59.1 Å². The summed E-state index contributed by atoms with van der Waals surface area (Å²) in [5.74, 6) is 1.01. The number of amides is 2. The number of ether oxygens (including phenoxy) is 2. The molecule has 4 rings (SSSR count). The maximum atomic E-state index is 13.1. The summed E-state index contributed by atoms with van der Waals surface area (Å²) >= 11 is 5.94. The Labute approximate surface area is 174 Å². The molecule has 0 N–H and O–H groups in total. The zero-order valence-corrected chi connectivity index (χ0v) is 17.2. The third kappa shape index (κ3) is 3.77. The van der Waals surface area contributed by atoms with E-state index in [4.69, 9.17) is 21.1 Å². The van der Waals surface area contributed by atoms with Crippen molar-refractivity contribution in [2.75, 3.05) is 32.2 Å². The first-order valence-electron chi connectivity index (χ1n) is 9.58. The van der Waals surface area contributed by atoms with Gasteiger partial charge in [0.05, 0.1) is 20.1 Å². The lowest BCUT2D eigenvalue weighted by molar-refractivity contribution is -0.136. The summed E-state index contributed by atoms with van der Waals surface area (Å²) in [6, 6.07) is 11.0. The molecule has 7 heteroatoms. The van der Waals surface area contributed by atoms with E-state index in [1.165, 1.54) is 0 Å². The van der Waals surface area contributed by atoms with Crippen molar-refractivity contribution in [1.82, 2.24) is 4.90 Å². The van der Waals surface area contributed by atoms with Gasteiger partial charge >= 0.3 is 0 Å². The third-order valence-corrected chi connectivity index (χ3v) is 5.89. The first-order chi connectivity index (χ1) is 14.0. The monoisotopic (exact) mass is 414 g/mol. The predicted octanol–water partition coefficient (Wildman–Crippen LogP) is 3.30. The number of methoxy groups -OCH3 is 2. The molecule has 2 aromatic carbocycles. The van der Waals surface area contributed by atoms with E-state index in [-0.39, 0.29) is 24.2 Å². The smallest absolute Gasteiger partial charge is 0.228 e. The van der Waals surface area contributed by atoms with Crippen LogP contribution in [0.25, 0.3) is 0 Å². The molecule has 2 amide bonds. The molecule has 1 atom stereocenters. The van der Waals surface area contributed by atoms with Crippen LogP contribution < -0.4 is 14.4 Å². The van der Waals surface area contributed by atoms with E-state index in [1.54, 1.807) is 31.3 Å². The summed E-state index contributed by atoms with van der Waals surface area (Å²) in [4.78, 5) is 29.2. The molecule has 0 aliphatic carbocycles. The molecule has 0 bridgehead atoms. The van der Waals surface area contributed by atoms with E-state index in [0.717, 1.165) is 23.2 Å². The summed E-state index contributed by atoms with van der Waals surface area (Å²) in [5.41, 5.74) is 2.99. The fourth-order valence-electron chi connectivity index (χ4n) is 4.07. The minimum absolute atomic E-state index is 0.0234. The highest BCUT2D eigenvalue weighted by atomic mass is 35.5. The van der Waals surface area contributed by atoms with E-state index >= 15 is 0 Å². The van der Waals surface area contributed by atoms with Crippen molar-refractivity contribution in [2.24, 2.45) is 5.92 Å². The normalized spacial score (nSPS) is 18.6. The Balaban J connectivity index is 1.48. The van der Waals surface area contributed by atoms with Crippen LogP contribution in [0.5, 0.6) is 11.5 Å². The summed E-state index contributed by atoms with van der Waals surface area (Å²) in [7, 11) is 3.22. The van der Waals surface area contributed by atoms with Gasteiger partial charge < -0.3 is 19.3 Å². The largest absolute Gasteiger partial charge is 0.493 e. The van der Waals surface area contributed by atoms with Gasteiger partial charge in [-0.25, -0.2) is 0 Å². The predicted molar refractivity (Wildman–Crippen MR) is 111 cm³/mol. The Bertz CT molecular complexity index is 945. The number of rotatable bonds is 4. The number of fused-ring (bicyclic) bond motifs is 1. The van der Waals surface area contributed by atoms with E-state index < -0.39 is 0 Å². The van der Waals surface area contributed by atoms with Crippen LogP contribution in [-0.4, -0.2) is 44.0 Å². The van der Waals surface area contributed by atoms with Crippen LogP contribution in [0, 0.1) is 5.92 Å². The molecule has 2 aliphatic rings. The molecular weight excluding hydrogens is 392 g/mol. The van der Waals surface area contributed by atoms with Crippen molar-refractivity contribution in [2.45, 2.75) is 19.4 Å². The van der Waals surface area contributed by atoms with Crippen LogP contribution in [0.1, 0.15) is 17.5 Å². The minimum Gasteiger partial charge on any atom is -0.493 e. The molecule has 29 heavy (non-hydrogen) atoms. The SMILES string of the molecule is COc1cc2c(cc1OC)CN(C(=O)[C@H]1CC(=O)N(c3ccc(Cl)cc3)C1)CC2. The highest BCUT2D eigenvalue weighted by Gasteiger charge is 2.38. The molecule has 0 unspecified atom stereocenters. The second-order valence-corrected chi connectivity index (χ2v) is 7.80. The lowest BCUT2D eigenvalue weighted by Crippen LogP contribution is -2.40. The second kappa shape index (κ2) is 7.95. The van der Waals surface area contributed by atoms with Gasteiger partial charge in [-0.2, -0.15) is 0 Å². The van der Waals surface area contributed by atoms with Crippen LogP contribution >= 0.6 is 11.6 Å². The molecule has 0 radical (unpaired) electrons. The quantitative estimate of drug-likeness (QED) is 0.770. The number of hydrogen-bond acceptors (Lipinski definition) is 4. The van der Waals surface area contributed by atoms with Gasteiger partial charge in [0.15, 0.2) is 11.5 Å². The van der Waals surface area contributed by atoms with Crippen molar-refractivity contribution < 1.29 is 19.1 Å². The van der Waals surface area contributed by atoms with E-state index in [9.17, 15) is 9.59 Å². The minimum atomic E-state index is -0.333. The molecule has 152 valence electrons. The average Bonchev–Trinajstić information content (AvgIpc) is 3.13. The van der Waals surface area contributed by atoms with Gasteiger partial charge in [0.2, 0.25) is 11.8 Å². The molecular formula is C22H23ClN2O4. The average molecular weight is 415 g/mol. The lowest BCUT2D eigenvalue weighted by Gasteiger charge is -2.31. The summed E-state index contributed by atoms with van der Waals surface area (Å²) in [6.45, 7) is 1.54. The van der Waals surface area contributed by atoms with Crippen molar-refractivity contribution in [3.8, 4) is 11.5 Å². The highest BCUT2D eigenvalue weighted by molar-refractivity contribution is 6.30. The summed E-state index contributed by atoms with van der Waals surface area (Å²) in [5, 5.41) is 0.618. The lowest BCUT2D eigenvalue weighted by atomic mass is 9.97. The summed E-state index contributed by atoms with van der Waals surface area (Å²) < 4.78 is 10.8. The Morgan fingerprint density at radius 1 is 1.07 bits per heavy atom. The van der Waals surface area contributed by atoms with Crippen LogP contribution in [-0.2, 0) is 22.6 Å². The Kier molecular flexibility index (Phi) is 5.37. The molecule has 6 nitrogen and oxygen atoms in total. The second-order valence-electron chi connectivity index (χ2n) is 7.37. The molecule has 0 aromatic heterocycles. The molecule has 1 fully saturated rings. The van der Waals surface area contributed by atoms with Gasteiger partial charge in [-0.15, -0.1) is 0 Å². The Morgan fingerprint density at radius 2 is 1.72 bits per heavy atom. The summed E-state index contributed by atoms with van der Waals surface area (Å²) in [6.07, 6.45) is 0.986. The number of anilines is 1. The number of nitrogens with zero attached hydrogens (tertiary/aromatic N) is 2. The van der Waals surface area contributed by atoms with Gasteiger partial charge in [0.1, 0.15) is 0 Å². The number of carbonyl (C=O) groups excluding carboxylic acids is 2.